The highest BCUT2D eigenvalue weighted by atomic mass is 16.1. The smallest absolute Gasteiger partial charge is 0.252 e. The summed E-state index contributed by atoms with van der Waals surface area (Å²) in [6.07, 6.45) is 3.83. The van der Waals surface area contributed by atoms with Crippen LogP contribution >= 0.6 is 0 Å². The maximum absolute atomic E-state index is 12.1. The summed E-state index contributed by atoms with van der Waals surface area (Å²) < 4.78 is 0. The van der Waals surface area contributed by atoms with E-state index in [1.807, 2.05) is 12.1 Å². The Morgan fingerprint density at radius 3 is 2.59 bits per heavy atom. The highest BCUT2D eigenvalue weighted by Crippen LogP contribution is 2.20. The molecule has 6 nitrogen and oxygen atoms in total. The number of aromatic nitrogens is 4. The average Bonchev–Trinajstić information content (AvgIpc) is 3.27. The molecule has 0 radical (unpaired) electrons. The predicted molar refractivity (Wildman–Crippen MR) is 105 cm³/mol. The number of primary amides is 1. The van der Waals surface area contributed by atoms with Crippen LogP contribution in [0.4, 0.5) is 0 Å². The number of hydrogen-bond acceptors (Lipinski definition) is 3. The fourth-order valence-electron chi connectivity index (χ4n) is 3.34. The number of aromatic amines is 2. The van der Waals surface area contributed by atoms with Crippen molar-refractivity contribution in [3.8, 4) is 0 Å². The van der Waals surface area contributed by atoms with Crippen LogP contribution in [0.2, 0.25) is 0 Å². The first kappa shape index (κ1) is 17.0. The molecule has 1 amide bonds. The molecular weight excluding hydrogens is 338 g/mol. The number of fused-ring (bicyclic) bond motifs is 1. The van der Waals surface area contributed by atoms with Crippen LogP contribution in [0, 0.1) is 6.92 Å². The largest absolute Gasteiger partial charge is 0.365 e. The average molecular weight is 359 g/mol. The van der Waals surface area contributed by atoms with Gasteiger partial charge in [-0.25, -0.2) is 0 Å². The third-order valence-electron chi connectivity index (χ3n) is 4.82. The quantitative estimate of drug-likeness (QED) is 0.493. The fourth-order valence-corrected chi connectivity index (χ4v) is 3.34. The lowest BCUT2D eigenvalue weighted by atomic mass is 10.0. The van der Waals surface area contributed by atoms with E-state index in [4.69, 9.17) is 5.73 Å². The van der Waals surface area contributed by atoms with Crippen molar-refractivity contribution in [3.63, 3.8) is 0 Å². The first-order valence-electron chi connectivity index (χ1n) is 8.93. The molecule has 4 aromatic rings. The molecular formula is C21H21N5O. The van der Waals surface area contributed by atoms with Crippen molar-refractivity contribution in [2.45, 2.75) is 26.2 Å². The van der Waals surface area contributed by atoms with Gasteiger partial charge in [-0.1, -0.05) is 35.9 Å². The molecule has 0 aliphatic carbocycles. The lowest BCUT2D eigenvalue weighted by molar-refractivity contribution is 0.0998. The number of carbonyl (C=O) groups excluding carboxylic acids is 1. The van der Waals surface area contributed by atoms with Gasteiger partial charge in [0.25, 0.3) is 5.91 Å². The van der Waals surface area contributed by atoms with Crippen molar-refractivity contribution >= 4 is 16.8 Å². The third kappa shape index (κ3) is 3.60. The monoisotopic (exact) mass is 359 g/mol. The zero-order chi connectivity index (χ0) is 18.8. The number of carbonyl (C=O) groups is 1. The van der Waals surface area contributed by atoms with Gasteiger partial charge in [0.15, 0.2) is 0 Å². The van der Waals surface area contributed by atoms with Crippen molar-refractivity contribution in [3.05, 3.63) is 82.3 Å². The summed E-state index contributed by atoms with van der Waals surface area (Å²) in [7, 11) is 0. The van der Waals surface area contributed by atoms with Crippen LogP contribution < -0.4 is 5.73 Å². The second kappa shape index (κ2) is 7.07. The number of nitrogens with zero attached hydrogens (tertiary/aromatic N) is 2. The van der Waals surface area contributed by atoms with Crippen LogP contribution in [-0.2, 0) is 19.3 Å². The summed E-state index contributed by atoms with van der Waals surface area (Å²) in [4.78, 5) is 12.1. The van der Waals surface area contributed by atoms with Crippen LogP contribution in [0.1, 0.15) is 38.4 Å². The Balaban J connectivity index is 1.56. The third-order valence-corrected chi connectivity index (χ3v) is 4.82. The van der Waals surface area contributed by atoms with Gasteiger partial charge in [-0.3, -0.25) is 15.0 Å². The number of aryl methyl sites for hydroxylation is 3. The molecule has 6 heteroatoms. The number of hydrogen-bond donors (Lipinski definition) is 3. The second-order valence-electron chi connectivity index (χ2n) is 6.84. The van der Waals surface area contributed by atoms with Crippen molar-refractivity contribution in [2.24, 2.45) is 5.73 Å². The maximum Gasteiger partial charge on any atom is 0.252 e. The van der Waals surface area contributed by atoms with Gasteiger partial charge in [0, 0.05) is 11.8 Å². The van der Waals surface area contributed by atoms with Gasteiger partial charge in [0.1, 0.15) is 0 Å². The van der Waals surface area contributed by atoms with Crippen LogP contribution in [0.3, 0.4) is 0 Å². The van der Waals surface area contributed by atoms with Crippen LogP contribution in [0.25, 0.3) is 10.9 Å². The Labute approximate surface area is 156 Å². The predicted octanol–water partition coefficient (Wildman–Crippen LogP) is 3.07. The number of rotatable bonds is 6. The van der Waals surface area contributed by atoms with Gasteiger partial charge in [0.2, 0.25) is 0 Å². The molecule has 2 aromatic heterocycles. The minimum absolute atomic E-state index is 0.443. The Morgan fingerprint density at radius 2 is 1.81 bits per heavy atom. The highest BCUT2D eigenvalue weighted by molar-refractivity contribution is 5.95. The van der Waals surface area contributed by atoms with E-state index >= 15 is 0 Å². The zero-order valence-corrected chi connectivity index (χ0v) is 15.1. The molecule has 0 aliphatic heterocycles. The van der Waals surface area contributed by atoms with E-state index in [1.165, 1.54) is 11.1 Å². The lowest BCUT2D eigenvalue weighted by Crippen LogP contribution is -2.15. The van der Waals surface area contributed by atoms with E-state index in [0.717, 1.165) is 34.3 Å². The molecule has 0 saturated carbocycles. The summed E-state index contributed by atoms with van der Waals surface area (Å²) in [6, 6.07) is 14.4. The minimum atomic E-state index is -0.443. The summed E-state index contributed by atoms with van der Waals surface area (Å²) in [5, 5.41) is 15.4. The minimum Gasteiger partial charge on any atom is -0.365 e. The van der Waals surface area contributed by atoms with Crippen LogP contribution in [-0.4, -0.2) is 26.3 Å². The molecule has 136 valence electrons. The first-order valence-corrected chi connectivity index (χ1v) is 8.93. The highest BCUT2D eigenvalue weighted by Gasteiger charge is 2.18. The molecule has 0 aliphatic rings. The van der Waals surface area contributed by atoms with Crippen molar-refractivity contribution in [1.29, 1.82) is 0 Å². The first-order chi connectivity index (χ1) is 13.1. The molecule has 27 heavy (non-hydrogen) atoms. The Bertz CT molecular complexity index is 1090. The number of benzene rings is 2. The number of nitrogens with two attached hydrogens (primary N) is 1. The molecule has 0 bridgehead atoms. The van der Waals surface area contributed by atoms with Crippen molar-refractivity contribution in [1.82, 2.24) is 20.4 Å². The van der Waals surface area contributed by atoms with E-state index in [-0.39, 0.29) is 0 Å². The Kier molecular flexibility index (Phi) is 4.46. The van der Waals surface area contributed by atoms with Gasteiger partial charge in [-0.05, 0) is 43.0 Å². The molecule has 0 spiro atoms. The van der Waals surface area contributed by atoms with E-state index in [0.29, 0.717) is 18.4 Å². The Morgan fingerprint density at radius 1 is 1.04 bits per heavy atom. The van der Waals surface area contributed by atoms with Gasteiger partial charge >= 0.3 is 0 Å². The van der Waals surface area contributed by atoms with Crippen molar-refractivity contribution < 1.29 is 4.79 Å². The fraction of sp³-hybridized carbons (Fsp3) is 0.190. The summed E-state index contributed by atoms with van der Waals surface area (Å²) in [6.45, 7) is 2.07. The standard InChI is InChI=1S/C21H21N5O/c1-13-2-4-14(5-3-13)6-9-18-20(21(22)27)19(26-25-18)11-15-7-8-17-16(10-15)12-23-24-17/h2-5,7-8,10,12H,6,9,11H2,1H3,(H2,22,27)(H,23,24)(H,25,26). The van der Waals surface area contributed by atoms with E-state index in [2.05, 4.69) is 57.7 Å². The zero-order valence-electron chi connectivity index (χ0n) is 15.1. The molecule has 0 atom stereocenters. The van der Waals surface area contributed by atoms with Crippen LogP contribution in [0.5, 0.6) is 0 Å². The summed E-state index contributed by atoms with van der Waals surface area (Å²) in [5.41, 5.74) is 12.1. The van der Waals surface area contributed by atoms with Crippen LogP contribution in [0.15, 0.2) is 48.7 Å². The Hall–Kier alpha value is -3.41. The SMILES string of the molecule is Cc1ccc(CCc2n[nH]c(Cc3ccc4[nH]ncc4c3)c2C(N)=O)cc1. The maximum atomic E-state index is 12.1. The number of H-pyrrole nitrogens is 2. The van der Waals surface area contributed by atoms with E-state index in [1.54, 1.807) is 6.20 Å². The molecule has 0 saturated heterocycles. The molecule has 2 aromatic carbocycles. The van der Waals surface area contributed by atoms with Gasteiger partial charge in [-0.15, -0.1) is 0 Å². The normalized spacial score (nSPS) is 11.1. The molecule has 4 rings (SSSR count). The summed E-state index contributed by atoms with van der Waals surface area (Å²) >= 11 is 0. The molecule has 0 fully saturated rings. The molecule has 0 unspecified atom stereocenters. The number of nitrogens with one attached hydrogen (secondary N) is 2. The molecule has 4 N–H and O–H groups in total. The lowest BCUT2D eigenvalue weighted by Gasteiger charge is -2.04. The van der Waals surface area contributed by atoms with E-state index in [9.17, 15) is 4.79 Å². The van der Waals surface area contributed by atoms with Crippen molar-refractivity contribution in [2.75, 3.05) is 0 Å². The second-order valence-corrected chi connectivity index (χ2v) is 6.84. The van der Waals surface area contributed by atoms with Gasteiger partial charge in [-0.2, -0.15) is 10.2 Å². The number of amides is 1. The van der Waals surface area contributed by atoms with Gasteiger partial charge < -0.3 is 5.73 Å². The molecule has 2 heterocycles. The van der Waals surface area contributed by atoms with Gasteiger partial charge in [0.05, 0.1) is 28.7 Å². The summed E-state index contributed by atoms with van der Waals surface area (Å²) in [5.74, 6) is -0.443. The topological polar surface area (TPSA) is 100 Å². The van der Waals surface area contributed by atoms with E-state index < -0.39 is 5.91 Å².